The van der Waals surface area contributed by atoms with Crippen LogP contribution in [-0.2, 0) is 4.74 Å². The van der Waals surface area contributed by atoms with Crippen LogP contribution in [0.5, 0.6) is 0 Å². The first-order valence-corrected chi connectivity index (χ1v) is 4.68. The maximum absolute atomic E-state index is 11.0. The van der Waals surface area contributed by atoms with Crippen molar-refractivity contribution < 1.29 is 9.53 Å². The van der Waals surface area contributed by atoms with E-state index in [-0.39, 0.29) is 6.09 Å². The minimum absolute atomic E-state index is 0.146. The number of hydrogen-bond donors (Lipinski definition) is 0. The minimum atomic E-state index is -0.146. The summed E-state index contributed by atoms with van der Waals surface area (Å²) in [5, 5.41) is 0. The van der Waals surface area contributed by atoms with Crippen LogP contribution in [-0.4, -0.2) is 30.7 Å². The first-order valence-electron chi connectivity index (χ1n) is 4.68. The van der Waals surface area contributed by atoms with Gasteiger partial charge in [-0.2, -0.15) is 0 Å². The van der Waals surface area contributed by atoms with Gasteiger partial charge in [0.25, 0.3) is 0 Å². The predicted molar refractivity (Wildman–Crippen MR) is 44.9 cm³/mol. The van der Waals surface area contributed by atoms with E-state index in [2.05, 4.69) is 0 Å². The van der Waals surface area contributed by atoms with E-state index in [1.54, 1.807) is 4.90 Å². The maximum Gasteiger partial charge on any atom is 0.409 e. The summed E-state index contributed by atoms with van der Waals surface area (Å²) in [4.78, 5) is 12.8. The first kappa shape index (κ1) is 7.90. The standard InChI is InChI=1S/C9H15NO2/c1-10-8(6-12-9(10)11)7-4-2-3-5-7/h7-8H,2-6H2,1H3. The third-order valence-electron chi connectivity index (χ3n) is 3.11. The van der Waals surface area contributed by atoms with Crippen LogP contribution >= 0.6 is 0 Å². The molecule has 1 heterocycles. The van der Waals surface area contributed by atoms with Crippen LogP contribution in [0.25, 0.3) is 0 Å². The van der Waals surface area contributed by atoms with E-state index in [9.17, 15) is 4.79 Å². The molecule has 12 heavy (non-hydrogen) atoms. The zero-order valence-electron chi connectivity index (χ0n) is 7.45. The van der Waals surface area contributed by atoms with Gasteiger partial charge in [0.05, 0.1) is 6.04 Å². The van der Waals surface area contributed by atoms with Crippen LogP contribution < -0.4 is 0 Å². The summed E-state index contributed by atoms with van der Waals surface area (Å²) in [6.45, 7) is 0.611. The summed E-state index contributed by atoms with van der Waals surface area (Å²) < 4.78 is 4.98. The van der Waals surface area contributed by atoms with Gasteiger partial charge in [-0.25, -0.2) is 4.79 Å². The van der Waals surface area contributed by atoms with Gasteiger partial charge < -0.3 is 9.64 Å². The molecule has 0 radical (unpaired) electrons. The second kappa shape index (κ2) is 2.96. The second-order valence-electron chi connectivity index (χ2n) is 3.80. The largest absolute Gasteiger partial charge is 0.447 e. The maximum atomic E-state index is 11.0. The third-order valence-corrected chi connectivity index (χ3v) is 3.11. The SMILES string of the molecule is CN1C(=O)OCC1C1CCCC1. The summed E-state index contributed by atoms with van der Waals surface area (Å²) >= 11 is 0. The van der Waals surface area contributed by atoms with E-state index in [1.807, 2.05) is 7.05 Å². The summed E-state index contributed by atoms with van der Waals surface area (Å²) in [6, 6.07) is 0.361. The molecule has 1 saturated carbocycles. The average molecular weight is 169 g/mol. The molecule has 2 rings (SSSR count). The summed E-state index contributed by atoms with van der Waals surface area (Å²) in [6.07, 6.45) is 5.04. The Kier molecular flexibility index (Phi) is 1.95. The number of cyclic esters (lactones) is 1. The Morgan fingerprint density at radius 3 is 2.58 bits per heavy atom. The van der Waals surface area contributed by atoms with Gasteiger partial charge in [0.15, 0.2) is 0 Å². The molecular weight excluding hydrogens is 154 g/mol. The van der Waals surface area contributed by atoms with E-state index >= 15 is 0 Å². The van der Waals surface area contributed by atoms with Crippen molar-refractivity contribution in [3.8, 4) is 0 Å². The molecule has 0 spiro atoms. The average Bonchev–Trinajstić information content (AvgIpc) is 2.64. The highest BCUT2D eigenvalue weighted by Crippen LogP contribution is 2.32. The summed E-state index contributed by atoms with van der Waals surface area (Å²) in [5.41, 5.74) is 0. The van der Waals surface area contributed by atoms with Gasteiger partial charge in [-0.3, -0.25) is 0 Å². The Labute approximate surface area is 72.7 Å². The first-order chi connectivity index (χ1) is 5.79. The van der Waals surface area contributed by atoms with Gasteiger partial charge in [-0.15, -0.1) is 0 Å². The monoisotopic (exact) mass is 169 g/mol. The van der Waals surface area contributed by atoms with E-state index in [0.717, 1.165) is 0 Å². The number of nitrogens with zero attached hydrogens (tertiary/aromatic N) is 1. The highest BCUT2D eigenvalue weighted by atomic mass is 16.6. The summed E-state index contributed by atoms with van der Waals surface area (Å²) in [7, 11) is 1.85. The number of rotatable bonds is 1. The van der Waals surface area contributed by atoms with Crippen LogP contribution in [0.2, 0.25) is 0 Å². The lowest BCUT2D eigenvalue weighted by Crippen LogP contribution is -2.34. The fourth-order valence-corrected chi connectivity index (χ4v) is 2.30. The van der Waals surface area contributed by atoms with Gasteiger partial charge in [0.1, 0.15) is 6.61 Å². The molecule has 0 aromatic heterocycles. The molecular formula is C9H15NO2. The molecule has 0 bridgehead atoms. The molecule has 68 valence electrons. The zero-order chi connectivity index (χ0) is 8.55. The Morgan fingerprint density at radius 2 is 2.08 bits per heavy atom. The number of hydrogen-bond acceptors (Lipinski definition) is 2. The van der Waals surface area contributed by atoms with Crippen molar-refractivity contribution in [3.05, 3.63) is 0 Å². The van der Waals surface area contributed by atoms with Gasteiger partial charge in [0, 0.05) is 7.05 Å². The predicted octanol–water partition coefficient (Wildman–Crippen LogP) is 1.63. The fourth-order valence-electron chi connectivity index (χ4n) is 2.30. The third kappa shape index (κ3) is 1.17. The molecule has 0 aromatic carbocycles. The normalized spacial score (nSPS) is 31.2. The second-order valence-corrected chi connectivity index (χ2v) is 3.80. The number of amides is 1. The van der Waals surface area contributed by atoms with Gasteiger partial charge in [0.2, 0.25) is 0 Å². The topological polar surface area (TPSA) is 29.5 Å². The Hall–Kier alpha value is -0.730. The molecule has 1 amide bonds. The molecule has 0 aromatic rings. The highest BCUT2D eigenvalue weighted by molar-refractivity contribution is 5.69. The lowest BCUT2D eigenvalue weighted by Gasteiger charge is -2.21. The molecule has 1 atom stereocenters. The van der Waals surface area contributed by atoms with Crippen LogP contribution in [0.4, 0.5) is 4.79 Å². The van der Waals surface area contributed by atoms with Gasteiger partial charge in [-0.1, -0.05) is 12.8 Å². The number of carbonyl (C=O) groups is 1. The molecule has 0 N–H and O–H groups in total. The van der Waals surface area contributed by atoms with Crippen molar-refractivity contribution in [1.29, 1.82) is 0 Å². The molecule has 1 aliphatic carbocycles. The van der Waals surface area contributed by atoms with Crippen LogP contribution in [0.3, 0.4) is 0 Å². The Balaban J connectivity index is 1.99. The number of carbonyl (C=O) groups excluding carboxylic acids is 1. The number of likely N-dealkylation sites (N-methyl/N-ethyl adjacent to an activating group) is 1. The lowest BCUT2D eigenvalue weighted by molar-refractivity contribution is 0.163. The molecule has 3 nitrogen and oxygen atoms in total. The van der Waals surface area contributed by atoms with Crippen molar-refractivity contribution in [1.82, 2.24) is 4.90 Å². The zero-order valence-corrected chi connectivity index (χ0v) is 7.45. The fraction of sp³-hybridized carbons (Fsp3) is 0.889. The van der Waals surface area contributed by atoms with Crippen molar-refractivity contribution in [2.45, 2.75) is 31.7 Å². The van der Waals surface area contributed by atoms with Crippen LogP contribution in [0, 0.1) is 5.92 Å². The van der Waals surface area contributed by atoms with Gasteiger partial charge in [-0.05, 0) is 18.8 Å². The Morgan fingerprint density at radius 1 is 1.42 bits per heavy atom. The molecule has 1 unspecified atom stereocenters. The lowest BCUT2D eigenvalue weighted by atomic mass is 9.99. The smallest absolute Gasteiger partial charge is 0.409 e. The van der Waals surface area contributed by atoms with Gasteiger partial charge >= 0.3 is 6.09 Å². The van der Waals surface area contributed by atoms with Crippen LogP contribution in [0.15, 0.2) is 0 Å². The van der Waals surface area contributed by atoms with Crippen LogP contribution in [0.1, 0.15) is 25.7 Å². The minimum Gasteiger partial charge on any atom is -0.447 e. The quantitative estimate of drug-likeness (QED) is 0.597. The molecule has 3 heteroatoms. The number of ether oxygens (including phenoxy) is 1. The summed E-state index contributed by atoms with van der Waals surface area (Å²) in [5.74, 6) is 0.696. The molecule has 1 saturated heterocycles. The Bertz CT molecular complexity index is 187. The van der Waals surface area contributed by atoms with E-state index in [0.29, 0.717) is 18.6 Å². The molecule has 1 aliphatic heterocycles. The van der Waals surface area contributed by atoms with E-state index < -0.39 is 0 Å². The molecule has 2 aliphatic rings. The van der Waals surface area contributed by atoms with E-state index in [4.69, 9.17) is 4.74 Å². The molecule has 2 fully saturated rings. The van der Waals surface area contributed by atoms with E-state index in [1.165, 1.54) is 25.7 Å². The van der Waals surface area contributed by atoms with Crippen molar-refractivity contribution in [2.24, 2.45) is 5.92 Å². The van der Waals surface area contributed by atoms with Crippen molar-refractivity contribution >= 4 is 6.09 Å². The highest BCUT2D eigenvalue weighted by Gasteiger charge is 2.36. The van der Waals surface area contributed by atoms with Crippen molar-refractivity contribution in [2.75, 3.05) is 13.7 Å². The van der Waals surface area contributed by atoms with Crippen molar-refractivity contribution in [3.63, 3.8) is 0 Å².